The molecule has 0 aromatic carbocycles. The minimum absolute atomic E-state index is 0.124. The third kappa shape index (κ3) is 1.98. The Balaban J connectivity index is 2.57. The van der Waals surface area contributed by atoms with E-state index < -0.39 is 0 Å². The number of aryl methyl sites for hydroxylation is 1. The average molecular weight is 224 g/mol. The summed E-state index contributed by atoms with van der Waals surface area (Å²) in [5.74, 6) is 0.947. The second-order valence-corrected chi connectivity index (χ2v) is 4.33. The summed E-state index contributed by atoms with van der Waals surface area (Å²) >= 11 is 5.93. The van der Waals surface area contributed by atoms with E-state index in [9.17, 15) is 0 Å². The van der Waals surface area contributed by atoms with Gasteiger partial charge in [-0.05, 0) is 26.0 Å². The van der Waals surface area contributed by atoms with Crippen molar-refractivity contribution in [3.05, 3.63) is 34.9 Å². The van der Waals surface area contributed by atoms with Crippen LogP contribution in [0.1, 0.15) is 18.4 Å². The van der Waals surface area contributed by atoms with E-state index in [4.69, 9.17) is 17.3 Å². The fourth-order valence-corrected chi connectivity index (χ4v) is 1.90. The molecule has 0 saturated carbocycles. The van der Waals surface area contributed by atoms with E-state index in [2.05, 4.69) is 4.98 Å². The highest BCUT2D eigenvalue weighted by molar-refractivity contribution is 6.30. The Morgan fingerprint density at radius 2 is 2.27 bits per heavy atom. The highest BCUT2D eigenvalue weighted by atomic mass is 35.5. The van der Waals surface area contributed by atoms with Crippen molar-refractivity contribution >= 4 is 17.1 Å². The molecule has 15 heavy (non-hydrogen) atoms. The summed E-state index contributed by atoms with van der Waals surface area (Å²) in [6.45, 7) is 3.95. The zero-order valence-electron chi connectivity index (χ0n) is 8.87. The molecule has 0 spiro atoms. The van der Waals surface area contributed by atoms with Crippen molar-refractivity contribution in [2.24, 2.45) is 5.73 Å². The molecule has 1 unspecified atom stereocenters. The molecule has 2 aromatic heterocycles. The third-order valence-corrected chi connectivity index (χ3v) is 2.59. The first-order valence-electron chi connectivity index (χ1n) is 4.96. The van der Waals surface area contributed by atoms with Crippen LogP contribution in [-0.4, -0.2) is 15.4 Å². The molecule has 1 atom stereocenters. The van der Waals surface area contributed by atoms with Crippen molar-refractivity contribution in [1.82, 2.24) is 9.38 Å². The maximum absolute atomic E-state index is 5.93. The summed E-state index contributed by atoms with van der Waals surface area (Å²) in [4.78, 5) is 4.50. The molecule has 0 bridgehead atoms. The Morgan fingerprint density at radius 3 is 2.93 bits per heavy atom. The lowest BCUT2D eigenvalue weighted by atomic mass is 10.2. The maximum Gasteiger partial charge on any atom is 0.110 e. The lowest BCUT2D eigenvalue weighted by molar-refractivity contribution is 0.728. The fraction of sp³-hybridized carbons (Fsp3) is 0.364. The first-order valence-corrected chi connectivity index (χ1v) is 5.34. The van der Waals surface area contributed by atoms with Crippen LogP contribution in [0.2, 0.25) is 5.02 Å². The van der Waals surface area contributed by atoms with Crippen molar-refractivity contribution in [3.63, 3.8) is 0 Å². The third-order valence-electron chi connectivity index (χ3n) is 2.37. The van der Waals surface area contributed by atoms with Gasteiger partial charge in [0.1, 0.15) is 5.82 Å². The number of nitrogens with two attached hydrogens (primary N) is 1. The van der Waals surface area contributed by atoms with Crippen molar-refractivity contribution in [1.29, 1.82) is 0 Å². The molecule has 0 aliphatic rings. The van der Waals surface area contributed by atoms with E-state index in [1.54, 1.807) is 0 Å². The van der Waals surface area contributed by atoms with Crippen LogP contribution in [0.15, 0.2) is 18.3 Å². The lowest BCUT2D eigenvalue weighted by Gasteiger charge is -2.02. The Bertz CT molecular complexity index is 488. The maximum atomic E-state index is 5.93. The van der Waals surface area contributed by atoms with Crippen molar-refractivity contribution in [3.8, 4) is 0 Å². The molecular weight excluding hydrogens is 210 g/mol. The number of pyridine rings is 1. The van der Waals surface area contributed by atoms with Gasteiger partial charge in [0.15, 0.2) is 0 Å². The van der Waals surface area contributed by atoms with Gasteiger partial charge in [-0.15, -0.1) is 0 Å². The quantitative estimate of drug-likeness (QED) is 0.848. The summed E-state index contributed by atoms with van der Waals surface area (Å²) in [6, 6.07) is 3.99. The van der Waals surface area contributed by atoms with Gasteiger partial charge in [-0.3, -0.25) is 0 Å². The molecule has 0 fully saturated rings. The van der Waals surface area contributed by atoms with E-state index in [0.29, 0.717) is 0 Å². The minimum Gasteiger partial charge on any atom is -0.328 e. The van der Waals surface area contributed by atoms with Gasteiger partial charge in [-0.1, -0.05) is 11.6 Å². The van der Waals surface area contributed by atoms with Gasteiger partial charge in [0.25, 0.3) is 0 Å². The predicted molar refractivity (Wildman–Crippen MR) is 62.3 cm³/mol. The SMILES string of the molecule is Cc1nc(CC(C)N)c2ccc(Cl)cn12. The molecule has 2 heterocycles. The predicted octanol–water partition coefficient (Wildman–Crippen LogP) is 2.19. The first kappa shape index (κ1) is 10.5. The van der Waals surface area contributed by atoms with Crippen LogP contribution in [0.3, 0.4) is 0 Å². The van der Waals surface area contributed by atoms with Crippen LogP contribution in [0.5, 0.6) is 0 Å². The molecule has 0 aliphatic carbocycles. The zero-order chi connectivity index (χ0) is 11.0. The van der Waals surface area contributed by atoms with E-state index in [1.807, 2.05) is 36.6 Å². The molecule has 0 aliphatic heterocycles. The van der Waals surface area contributed by atoms with Gasteiger partial charge in [-0.2, -0.15) is 0 Å². The lowest BCUT2D eigenvalue weighted by Crippen LogP contribution is -2.18. The van der Waals surface area contributed by atoms with Crippen LogP contribution in [0, 0.1) is 6.92 Å². The van der Waals surface area contributed by atoms with E-state index in [-0.39, 0.29) is 6.04 Å². The Morgan fingerprint density at radius 1 is 1.53 bits per heavy atom. The summed E-state index contributed by atoms with van der Waals surface area (Å²) in [5.41, 5.74) is 7.91. The van der Waals surface area contributed by atoms with Gasteiger partial charge in [0, 0.05) is 18.7 Å². The summed E-state index contributed by atoms with van der Waals surface area (Å²) < 4.78 is 2.00. The van der Waals surface area contributed by atoms with Gasteiger partial charge < -0.3 is 10.1 Å². The van der Waals surface area contributed by atoms with Crippen LogP contribution in [0.25, 0.3) is 5.52 Å². The van der Waals surface area contributed by atoms with Crippen LogP contribution < -0.4 is 5.73 Å². The summed E-state index contributed by atoms with van der Waals surface area (Å²) in [6.07, 6.45) is 2.67. The number of hydrogen-bond acceptors (Lipinski definition) is 2. The van der Waals surface area contributed by atoms with Gasteiger partial charge in [0.2, 0.25) is 0 Å². The van der Waals surface area contributed by atoms with Crippen molar-refractivity contribution < 1.29 is 0 Å². The number of imidazole rings is 1. The summed E-state index contributed by atoms with van der Waals surface area (Å²) in [7, 11) is 0. The molecule has 2 rings (SSSR count). The van der Waals surface area contributed by atoms with Crippen molar-refractivity contribution in [2.45, 2.75) is 26.3 Å². The highest BCUT2D eigenvalue weighted by Crippen LogP contribution is 2.17. The standard InChI is InChI=1S/C11H14ClN3/c1-7(13)5-10-11-4-3-9(12)6-15(11)8(2)14-10/h3-4,6-7H,5,13H2,1-2H3. The van der Waals surface area contributed by atoms with Gasteiger partial charge in [0.05, 0.1) is 16.2 Å². The zero-order valence-corrected chi connectivity index (χ0v) is 9.62. The molecule has 80 valence electrons. The largest absolute Gasteiger partial charge is 0.328 e. The second kappa shape index (κ2) is 3.83. The van der Waals surface area contributed by atoms with E-state index >= 15 is 0 Å². The van der Waals surface area contributed by atoms with Crippen molar-refractivity contribution in [2.75, 3.05) is 0 Å². The molecule has 2 aromatic rings. The fourth-order valence-electron chi connectivity index (χ4n) is 1.74. The van der Waals surface area contributed by atoms with Crippen LogP contribution in [-0.2, 0) is 6.42 Å². The number of nitrogens with zero attached hydrogens (tertiary/aromatic N) is 2. The second-order valence-electron chi connectivity index (χ2n) is 3.89. The average Bonchev–Trinajstić information content (AvgIpc) is 2.42. The Labute approximate surface area is 93.9 Å². The van der Waals surface area contributed by atoms with Crippen LogP contribution in [0.4, 0.5) is 0 Å². The molecule has 0 radical (unpaired) electrons. The van der Waals surface area contributed by atoms with Gasteiger partial charge in [-0.25, -0.2) is 4.98 Å². The Hall–Kier alpha value is -1.06. The number of rotatable bonds is 2. The monoisotopic (exact) mass is 223 g/mol. The van der Waals surface area contributed by atoms with E-state index in [0.717, 1.165) is 28.5 Å². The topological polar surface area (TPSA) is 43.3 Å². The molecule has 0 amide bonds. The highest BCUT2D eigenvalue weighted by Gasteiger charge is 2.09. The minimum atomic E-state index is 0.124. The molecule has 2 N–H and O–H groups in total. The number of hydrogen-bond donors (Lipinski definition) is 1. The first-order chi connectivity index (χ1) is 7.08. The Kier molecular flexibility index (Phi) is 2.67. The molecule has 0 saturated heterocycles. The smallest absolute Gasteiger partial charge is 0.110 e. The number of halogens is 1. The summed E-state index contributed by atoms with van der Waals surface area (Å²) in [5, 5.41) is 0.718. The molecular formula is C11H14ClN3. The van der Waals surface area contributed by atoms with E-state index in [1.165, 1.54) is 0 Å². The van der Waals surface area contributed by atoms with Crippen LogP contribution >= 0.6 is 11.6 Å². The number of fused-ring (bicyclic) bond motifs is 1. The normalized spacial score (nSPS) is 13.3. The molecule has 4 heteroatoms. The number of aromatic nitrogens is 2. The molecule has 3 nitrogen and oxygen atoms in total. The van der Waals surface area contributed by atoms with Gasteiger partial charge >= 0.3 is 0 Å².